The zero-order chi connectivity index (χ0) is 25.8. The summed E-state index contributed by atoms with van der Waals surface area (Å²) in [5.74, 6) is 0.804. The molecule has 3 heterocycles. The first-order valence-corrected chi connectivity index (χ1v) is 13.0. The van der Waals surface area contributed by atoms with Gasteiger partial charge < -0.3 is 26.2 Å². The summed E-state index contributed by atoms with van der Waals surface area (Å²) in [6.45, 7) is 3.65. The van der Waals surface area contributed by atoms with Gasteiger partial charge in [-0.15, -0.1) is 0 Å². The molecule has 2 aliphatic heterocycles. The van der Waals surface area contributed by atoms with Gasteiger partial charge in [-0.05, 0) is 74.1 Å². The van der Waals surface area contributed by atoms with Crippen LogP contribution < -0.4 is 21.3 Å². The molecule has 5 rings (SSSR count). The summed E-state index contributed by atoms with van der Waals surface area (Å²) in [5, 5.41) is 12.9. The monoisotopic (exact) mass is 519 g/mol. The average molecular weight is 520 g/mol. The Morgan fingerprint density at radius 3 is 2.70 bits per heavy atom. The van der Waals surface area contributed by atoms with Gasteiger partial charge in [0.1, 0.15) is 5.02 Å². The maximum atomic E-state index is 13.2. The van der Waals surface area contributed by atoms with Gasteiger partial charge in [-0.1, -0.05) is 23.7 Å². The standard InChI is InChI=1S/C27H30ClN7O2/c1-2-29-27(37)35-12-10-18(11-13-35)25(36)33-23-9-8-21-15-19(23)7-6-17-4-3-5-20(14-17)32-26-30-16-22(28)24(31-21)34-26/h3-5,8-9,14-16,18H,2,6-7,10-13H2,1H3,(H,29,37)(H,33,36)(H2,30,31,32,34). The molecule has 4 N–H and O–H groups in total. The van der Waals surface area contributed by atoms with Crippen LogP contribution in [-0.4, -0.2) is 46.4 Å². The van der Waals surface area contributed by atoms with Crippen LogP contribution >= 0.6 is 11.6 Å². The molecule has 10 heteroatoms. The van der Waals surface area contributed by atoms with Crippen molar-refractivity contribution in [3.05, 3.63) is 64.8 Å². The van der Waals surface area contributed by atoms with E-state index in [-0.39, 0.29) is 17.9 Å². The molecular formula is C27H30ClN7O2. The Labute approximate surface area is 221 Å². The summed E-state index contributed by atoms with van der Waals surface area (Å²) in [5.41, 5.74) is 4.68. The second-order valence-electron chi connectivity index (χ2n) is 9.30. The SMILES string of the molecule is CCNC(=O)N1CCC(C(=O)Nc2ccc3cc2CCc2cccc(c2)Nc2ncc(Cl)c(n2)N3)CC1. The topological polar surface area (TPSA) is 111 Å². The van der Waals surface area contributed by atoms with Gasteiger partial charge in [-0.2, -0.15) is 4.98 Å². The van der Waals surface area contributed by atoms with Crippen LogP contribution in [0.1, 0.15) is 30.9 Å². The van der Waals surface area contributed by atoms with Crippen molar-refractivity contribution in [2.75, 3.05) is 35.6 Å². The van der Waals surface area contributed by atoms with Gasteiger partial charge in [0.25, 0.3) is 0 Å². The molecule has 2 aromatic carbocycles. The van der Waals surface area contributed by atoms with E-state index in [4.69, 9.17) is 11.6 Å². The molecule has 192 valence electrons. The number of urea groups is 1. The zero-order valence-electron chi connectivity index (χ0n) is 20.7. The number of likely N-dealkylation sites (tertiary alicyclic amines) is 1. The van der Waals surface area contributed by atoms with Crippen molar-refractivity contribution >= 4 is 52.4 Å². The van der Waals surface area contributed by atoms with Gasteiger partial charge in [0, 0.05) is 42.6 Å². The number of carbonyl (C=O) groups is 2. The van der Waals surface area contributed by atoms with E-state index in [2.05, 4.69) is 43.4 Å². The highest BCUT2D eigenvalue weighted by Gasteiger charge is 2.27. The molecular weight excluding hydrogens is 490 g/mol. The number of aryl methyl sites for hydroxylation is 2. The van der Waals surface area contributed by atoms with Gasteiger partial charge in [0.2, 0.25) is 11.9 Å². The minimum absolute atomic E-state index is 0.00916. The van der Waals surface area contributed by atoms with E-state index < -0.39 is 0 Å². The first kappa shape index (κ1) is 24.8. The van der Waals surface area contributed by atoms with Crippen LogP contribution in [0.5, 0.6) is 0 Å². The van der Waals surface area contributed by atoms with Crippen molar-refractivity contribution in [3.8, 4) is 0 Å². The third-order valence-electron chi connectivity index (χ3n) is 6.72. The number of hydrogen-bond donors (Lipinski definition) is 4. The molecule has 0 spiro atoms. The summed E-state index contributed by atoms with van der Waals surface area (Å²) in [6.07, 6.45) is 4.39. The molecule has 0 unspecified atom stereocenters. The van der Waals surface area contributed by atoms with E-state index in [9.17, 15) is 9.59 Å². The van der Waals surface area contributed by atoms with Crippen LogP contribution in [0.15, 0.2) is 48.7 Å². The Bertz CT molecular complexity index is 1310. The largest absolute Gasteiger partial charge is 0.339 e. The molecule has 1 saturated heterocycles. The Balaban J connectivity index is 1.36. The maximum Gasteiger partial charge on any atom is 0.317 e. The van der Waals surface area contributed by atoms with Crippen LogP contribution in [-0.2, 0) is 17.6 Å². The molecule has 3 aromatic rings. The Morgan fingerprint density at radius 2 is 1.89 bits per heavy atom. The number of hydrogen-bond acceptors (Lipinski definition) is 6. The summed E-state index contributed by atoms with van der Waals surface area (Å²) >= 11 is 6.37. The van der Waals surface area contributed by atoms with E-state index in [0.717, 1.165) is 41.0 Å². The molecule has 2 aliphatic rings. The van der Waals surface area contributed by atoms with Crippen LogP contribution in [0, 0.1) is 5.92 Å². The fraction of sp³-hybridized carbons (Fsp3) is 0.333. The molecule has 6 bridgehead atoms. The molecule has 0 saturated carbocycles. The lowest BCUT2D eigenvalue weighted by Gasteiger charge is -2.31. The van der Waals surface area contributed by atoms with Crippen LogP contribution in [0.25, 0.3) is 0 Å². The lowest BCUT2D eigenvalue weighted by atomic mass is 9.95. The molecule has 1 fully saturated rings. The van der Waals surface area contributed by atoms with Crippen LogP contribution in [0.2, 0.25) is 5.02 Å². The third kappa shape index (κ3) is 5.94. The molecule has 37 heavy (non-hydrogen) atoms. The molecule has 0 aliphatic carbocycles. The lowest BCUT2D eigenvalue weighted by molar-refractivity contribution is -0.121. The molecule has 0 radical (unpaired) electrons. The van der Waals surface area contributed by atoms with Crippen molar-refractivity contribution in [1.29, 1.82) is 0 Å². The zero-order valence-corrected chi connectivity index (χ0v) is 21.4. The fourth-order valence-corrected chi connectivity index (χ4v) is 4.85. The summed E-state index contributed by atoms with van der Waals surface area (Å²) < 4.78 is 0. The average Bonchev–Trinajstić information content (AvgIpc) is 2.91. The molecule has 0 atom stereocenters. The number of fused-ring (bicyclic) bond motifs is 6. The number of aromatic nitrogens is 2. The number of nitrogens with one attached hydrogen (secondary N) is 4. The van der Waals surface area contributed by atoms with Gasteiger partial charge in [-0.3, -0.25) is 4.79 Å². The van der Waals surface area contributed by atoms with E-state index in [1.54, 1.807) is 11.1 Å². The second-order valence-corrected chi connectivity index (χ2v) is 9.71. The summed E-state index contributed by atoms with van der Waals surface area (Å²) in [7, 11) is 0. The number of nitrogens with zero attached hydrogens (tertiary/aromatic N) is 3. The van der Waals surface area contributed by atoms with Crippen molar-refractivity contribution in [2.45, 2.75) is 32.6 Å². The van der Waals surface area contributed by atoms with Crippen molar-refractivity contribution in [2.24, 2.45) is 5.92 Å². The minimum atomic E-state index is -0.133. The van der Waals surface area contributed by atoms with Crippen molar-refractivity contribution in [1.82, 2.24) is 20.2 Å². The number of benzene rings is 2. The van der Waals surface area contributed by atoms with Gasteiger partial charge in [0.05, 0.1) is 6.20 Å². The smallest absolute Gasteiger partial charge is 0.317 e. The van der Waals surface area contributed by atoms with Gasteiger partial charge in [0.15, 0.2) is 5.82 Å². The Kier molecular flexibility index (Phi) is 7.41. The van der Waals surface area contributed by atoms with E-state index >= 15 is 0 Å². The number of rotatable bonds is 3. The fourth-order valence-electron chi connectivity index (χ4n) is 4.71. The minimum Gasteiger partial charge on any atom is -0.339 e. The molecule has 1 aromatic heterocycles. The number of amides is 3. The second kappa shape index (κ2) is 11.0. The third-order valence-corrected chi connectivity index (χ3v) is 6.99. The number of piperidine rings is 1. The lowest BCUT2D eigenvalue weighted by Crippen LogP contribution is -2.46. The highest BCUT2D eigenvalue weighted by Crippen LogP contribution is 2.30. The van der Waals surface area contributed by atoms with E-state index in [1.165, 1.54) is 0 Å². The maximum absolute atomic E-state index is 13.2. The van der Waals surface area contributed by atoms with E-state index in [0.29, 0.717) is 49.3 Å². The number of anilines is 5. The first-order valence-electron chi connectivity index (χ1n) is 12.6. The van der Waals surface area contributed by atoms with Gasteiger partial charge in [-0.25, -0.2) is 9.78 Å². The quantitative estimate of drug-likeness (QED) is 0.383. The number of halogens is 1. The number of carbonyl (C=O) groups excluding carboxylic acids is 2. The molecule has 9 nitrogen and oxygen atoms in total. The predicted octanol–water partition coefficient (Wildman–Crippen LogP) is 5.10. The van der Waals surface area contributed by atoms with Crippen LogP contribution in [0.4, 0.5) is 33.6 Å². The summed E-state index contributed by atoms with van der Waals surface area (Å²) in [6, 6.07) is 13.9. The summed E-state index contributed by atoms with van der Waals surface area (Å²) in [4.78, 5) is 35.9. The molecule has 3 amide bonds. The van der Waals surface area contributed by atoms with E-state index in [1.807, 2.05) is 37.3 Å². The normalized spacial score (nSPS) is 15.2. The predicted molar refractivity (Wildman–Crippen MR) is 146 cm³/mol. The van der Waals surface area contributed by atoms with Crippen LogP contribution in [0.3, 0.4) is 0 Å². The van der Waals surface area contributed by atoms with Gasteiger partial charge >= 0.3 is 6.03 Å². The Hall–Kier alpha value is -3.85. The Morgan fingerprint density at radius 1 is 1.08 bits per heavy atom. The van der Waals surface area contributed by atoms with Crippen molar-refractivity contribution < 1.29 is 9.59 Å². The first-order chi connectivity index (χ1) is 18.0. The van der Waals surface area contributed by atoms with Crippen molar-refractivity contribution in [3.63, 3.8) is 0 Å². The highest BCUT2D eigenvalue weighted by molar-refractivity contribution is 6.32. The highest BCUT2D eigenvalue weighted by atomic mass is 35.5.